The van der Waals surface area contributed by atoms with E-state index in [1.54, 1.807) is 0 Å². The third-order valence-corrected chi connectivity index (χ3v) is 12.9. The predicted octanol–water partition coefficient (Wildman–Crippen LogP) is 15.3. The van der Waals surface area contributed by atoms with Gasteiger partial charge in [-0.3, -0.25) is 4.98 Å². The Bertz CT molecular complexity index is 2850. The highest BCUT2D eigenvalue weighted by Crippen LogP contribution is 2.47. The molecule has 272 valence electrons. The number of fused-ring (bicyclic) bond motifs is 3. The lowest BCUT2D eigenvalue weighted by molar-refractivity contribution is 0.861. The number of nitrogens with zero attached hydrogens (tertiary/aromatic N) is 1. The van der Waals surface area contributed by atoms with Crippen molar-refractivity contribution in [2.45, 2.75) is 46.5 Å². The van der Waals surface area contributed by atoms with E-state index in [4.69, 9.17) is 4.98 Å². The molecule has 0 N–H and O–H groups in total. The molecular formula is C54H45NS. The molecule has 0 aliphatic heterocycles. The minimum atomic E-state index is 0.0236. The summed E-state index contributed by atoms with van der Waals surface area (Å²) < 4.78 is 2.67. The summed E-state index contributed by atoms with van der Waals surface area (Å²) in [5.41, 5.74) is 18.6. The second-order valence-corrected chi connectivity index (χ2v) is 16.3. The van der Waals surface area contributed by atoms with Crippen molar-refractivity contribution in [2.75, 3.05) is 0 Å². The Morgan fingerprint density at radius 2 is 1.11 bits per heavy atom. The first-order valence-electron chi connectivity index (χ1n) is 19.7. The summed E-state index contributed by atoms with van der Waals surface area (Å²) in [6.07, 6.45) is 0. The van der Waals surface area contributed by atoms with Gasteiger partial charge in [-0.25, -0.2) is 0 Å². The van der Waals surface area contributed by atoms with Crippen LogP contribution < -0.4 is 0 Å². The molecule has 2 unspecified atom stereocenters. The molecule has 2 aromatic heterocycles. The second kappa shape index (κ2) is 14.9. The second-order valence-electron chi connectivity index (χ2n) is 15.2. The van der Waals surface area contributed by atoms with Gasteiger partial charge in [-0.05, 0) is 112 Å². The number of aryl methyl sites for hydroxylation is 2. The average molecular weight is 740 g/mol. The van der Waals surface area contributed by atoms with Gasteiger partial charge >= 0.3 is 0 Å². The lowest BCUT2D eigenvalue weighted by Crippen LogP contribution is -2.09. The SMILES string of the molecule is Cc1cc2sc3ccccc3c2cc1-c1ccc(C)c(-c2ccccc2C(C)c2nc(-c3ccccc3)cc(-c3ccccc3)c2C)c1C(C)c1ccccc1. The van der Waals surface area contributed by atoms with Crippen LogP contribution in [0.2, 0.25) is 0 Å². The lowest BCUT2D eigenvalue weighted by atomic mass is 9.77. The van der Waals surface area contributed by atoms with Crippen LogP contribution in [0.1, 0.15) is 64.8 Å². The normalized spacial score (nSPS) is 12.6. The highest BCUT2D eigenvalue weighted by molar-refractivity contribution is 7.25. The Kier molecular flexibility index (Phi) is 9.45. The van der Waals surface area contributed by atoms with Crippen molar-refractivity contribution in [3.8, 4) is 44.6 Å². The van der Waals surface area contributed by atoms with Crippen LogP contribution in [0.3, 0.4) is 0 Å². The number of benzene rings is 7. The van der Waals surface area contributed by atoms with E-state index in [1.807, 2.05) is 11.3 Å². The Hall–Kier alpha value is -6.09. The van der Waals surface area contributed by atoms with E-state index in [2.05, 4.69) is 204 Å². The summed E-state index contributed by atoms with van der Waals surface area (Å²) in [4.78, 5) is 5.49. The zero-order valence-corrected chi connectivity index (χ0v) is 33.5. The van der Waals surface area contributed by atoms with Crippen molar-refractivity contribution >= 4 is 31.5 Å². The summed E-state index contributed by atoms with van der Waals surface area (Å²) in [6.45, 7) is 11.6. The first-order valence-corrected chi connectivity index (χ1v) is 20.5. The van der Waals surface area contributed by atoms with Gasteiger partial charge in [0.2, 0.25) is 0 Å². The quantitative estimate of drug-likeness (QED) is 0.151. The van der Waals surface area contributed by atoms with E-state index in [0.29, 0.717) is 0 Å². The van der Waals surface area contributed by atoms with Crippen molar-refractivity contribution in [3.63, 3.8) is 0 Å². The number of hydrogen-bond acceptors (Lipinski definition) is 2. The van der Waals surface area contributed by atoms with Gasteiger partial charge in [0.25, 0.3) is 0 Å². The predicted molar refractivity (Wildman–Crippen MR) is 241 cm³/mol. The average Bonchev–Trinajstić information content (AvgIpc) is 3.61. The van der Waals surface area contributed by atoms with Gasteiger partial charge in [0.1, 0.15) is 0 Å². The van der Waals surface area contributed by atoms with Crippen molar-refractivity contribution in [1.82, 2.24) is 4.98 Å². The smallest absolute Gasteiger partial charge is 0.0711 e. The molecule has 9 rings (SSSR count). The third-order valence-electron chi connectivity index (χ3n) is 11.8. The molecular weight excluding hydrogens is 695 g/mol. The zero-order valence-electron chi connectivity index (χ0n) is 32.7. The van der Waals surface area contributed by atoms with Gasteiger partial charge in [0.15, 0.2) is 0 Å². The van der Waals surface area contributed by atoms with Gasteiger partial charge in [-0.1, -0.05) is 159 Å². The Balaban J connectivity index is 1.28. The van der Waals surface area contributed by atoms with Crippen LogP contribution in [0.25, 0.3) is 64.8 Å². The monoisotopic (exact) mass is 739 g/mol. The topological polar surface area (TPSA) is 12.9 Å². The van der Waals surface area contributed by atoms with E-state index < -0.39 is 0 Å². The van der Waals surface area contributed by atoms with Crippen molar-refractivity contribution in [2.24, 2.45) is 0 Å². The molecule has 0 amide bonds. The standard InChI is InChI=1S/C54H45NS/c1-34-29-30-45(46-32-48-43-26-17-18-28-50(43)56-51(48)31-35(46)2)53(36(3)39-19-9-6-10-20-39)52(34)44-27-16-15-25-42(44)37(4)54-38(5)47(40-21-11-7-12-22-40)33-49(55-54)41-23-13-8-14-24-41/h6-33,36-37H,1-5H3. The molecule has 0 saturated carbocycles. The van der Waals surface area contributed by atoms with E-state index >= 15 is 0 Å². The van der Waals surface area contributed by atoms with E-state index in [0.717, 1.165) is 17.0 Å². The Labute approximate surface area is 335 Å². The first-order chi connectivity index (χ1) is 27.4. The molecule has 7 aromatic carbocycles. The zero-order chi connectivity index (χ0) is 38.3. The van der Waals surface area contributed by atoms with Crippen LogP contribution in [0, 0.1) is 20.8 Å². The number of hydrogen-bond donors (Lipinski definition) is 0. The summed E-state index contributed by atoms with van der Waals surface area (Å²) in [5, 5.41) is 2.66. The van der Waals surface area contributed by atoms with E-state index in [-0.39, 0.29) is 11.8 Å². The number of rotatable bonds is 8. The maximum absolute atomic E-state index is 5.49. The third kappa shape index (κ3) is 6.34. The van der Waals surface area contributed by atoms with Crippen molar-refractivity contribution in [3.05, 3.63) is 209 Å². The fourth-order valence-corrected chi connectivity index (χ4v) is 10.0. The molecule has 56 heavy (non-hydrogen) atoms. The molecule has 9 aromatic rings. The van der Waals surface area contributed by atoms with Crippen LogP contribution >= 0.6 is 11.3 Å². The van der Waals surface area contributed by atoms with Crippen LogP contribution in [-0.4, -0.2) is 4.98 Å². The highest BCUT2D eigenvalue weighted by atomic mass is 32.1. The molecule has 1 nitrogen and oxygen atoms in total. The largest absolute Gasteiger partial charge is 0.252 e. The molecule has 0 aliphatic rings. The molecule has 0 spiro atoms. The van der Waals surface area contributed by atoms with Crippen molar-refractivity contribution in [1.29, 1.82) is 0 Å². The van der Waals surface area contributed by atoms with Crippen LogP contribution in [0.5, 0.6) is 0 Å². The fraction of sp³-hybridized carbons (Fsp3) is 0.130. The van der Waals surface area contributed by atoms with Gasteiger partial charge in [-0.2, -0.15) is 0 Å². The Morgan fingerprint density at radius 3 is 1.86 bits per heavy atom. The Morgan fingerprint density at radius 1 is 0.464 bits per heavy atom. The number of aromatic nitrogens is 1. The molecule has 0 radical (unpaired) electrons. The van der Waals surface area contributed by atoms with Crippen LogP contribution in [-0.2, 0) is 0 Å². The van der Waals surface area contributed by atoms with Gasteiger partial charge in [0.05, 0.1) is 11.4 Å². The first kappa shape index (κ1) is 35.6. The maximum Gasteiger partial charge on any atom is 0.0711 e. The number of thiophene rings is 1. The number of pyridine rings is 1. The van der Waals surface area contributed by atoms with Crippen molar-refractivity contribution < 1.29 is 0 Å². The van der Waals surface area contributed by atoms with Gasteiger partial charge in [0, 0.05) is 37.6 Å². The minimum Gasteiger partial charge on any atom is -0.252 e. The van der Waals surface area contributed by atoms with E-state index in [1.165, 1.54) is 86.9 Å². The molecule has 0 fully saturated rings. The summed E-state index contributed by atoms with van der Waals surface area (Å²) in [6, 6.07) is 62.1. The summed E-state index contributed by atoms with van der Waals surface area (Å²) >= 11 is 1.89. The molecule has 2 heterocycles. The molecule has 2 atom stereocenters. The van der Waals surface area contributed by atoms with E-state index in [9.17, 15) is 0 Å². The molecule has 2 heteroatoms. The van der Waals surface area contributed by atoms with Crippen LogP contribution in [0.15, 0.2) is 170 Å². The van der Waals surface area contributed by atoms with Gasteiger partial charge in [-0.15, -0.1) is 11.3 Å². The minimum absolute atomic E-state index is 0.0236. The van der Waals surface area contributed by atoms with Gasteiger partial charge < -0.3 is 0 Å². The summed E-state index contributed by atoms with van der Waals surface area (Å²) in [7, 11) is 0. The highest BCUT2D eigenvalue weighted by Gasteiger charge is 2.27. The lowest BCUT2D eigenvalue weighted by Gasteiger charge is -2.27. The molecule has 0 aliphatic carbocycles. The fourth-order valence-electron chi connectivity index (χ4n) is 8.82. The van der Waals surface area contributed by atoms with Crippen LogP contribution in [0.4, 0.5) is 0 Å². The molecule has 0 bridgehead atoms. The maximum atomic E-state index is 5.49. The summed E-state index contributed by atoms with van der Waals surface area (Å²) in [5.74, 6) is 0.167. The molecule has 0 saturated heterocycles.